The van der Waals surface area contributed by atoms with Crippen LogP contribution in [0, 0.1) is 11.8 Å². The number of hydrogen-bond acceptors (Lipinski definition) is 3. The minimum Gasteiger partial charge on any atom is -0.396 e. The van der Waals surface area contributed by atoms with E-state index in [1.54, 1.807) is 0 Å². The molecule has 1 aliphatic heterocycles. The Bertz CT molecular complexity index is 231. The minimum absolute atomic E-state index is 0.115. The van der Waals surface area contributed by atoms with E-state index in [4.69, 9.17) is 5.11 Å². The van der Waals surface area contributed by atoms with E-state index in [2.05, 4.69) is 24.1 Å². The van der Waals surface area contributed by atoms with E-state index in [1.807, 2.05) is 0 Å². The minimum atomic E-state index is 0.115. The number of amides is 1. The van der Waals surface area contributed by atoms with Crippen molar-refractivity contribution in [2.75, 3.05) is 32.8 Å². The molecule has 0 unspecified atom stereocenters. The number of aliphatic hydroxyl groups is 1. The zero-order valence-corrected chi connectivity index (χ0v) is 11.1. The van der Waals surface area contributed by atoms with Crippen LogP contribution in [0.25, 0.3) is 0 Å². The molecule has 1 rings (SSSR count). The van der Waals surface area contributed by atoms with Crippen LogP contribution in [0.1, 0.15) is 33.1 Å². The highest BCUT2D eigenvalue weighted by Crippen LogP contribution is 2.15. The molecule has 0 bridgehead atoms. The summed E-state index contributed by atoms with van der Waals surface area (Å²) in [6, 6.07) is 0. The summed E-state index contributed by atoms with van der Waals surface area (Å²) in [7, 11) is 0. The standard InChI is InChI=1S/C13H26N2O2/c1-11(2)5-6-14-13(17)9-15-7-3-4-12(8-15)10-16/h11-12,16H,3-10H2,1-2H3,(H,14,17)/t12-/m0/s1. The van der Waals surface area contributed by atoms with E-state index in [0.717, 1.165) is 38.9 Å². The van der Waals surface area contributed by atoms with E-state index in [9.17, 15) is 4.79 Å². The van der Waals surface area contributed by atoms with E-state index >= 15 is 0 Å². The summed E-state index contributed by atoms with van der Waals surface area (Å²) in [5.74, 6) is 1.10. The normalized spacial score (nSPS) is 21.8. The van der Waals surface area contributed by atoms with Gasteiger partial charge in [0, 0.05) is 19.7 Å². The molecule has 17 heavy (non-hydrogen) atoms. The van der Waals surface area contributed by atoms with Gasteiger partial charge in [-0.15, -0.1) is 0 Å². The topological polar surface area (TPSA) is 52.6 Å². The molecule has 100 valence electrons. The number of nitrogens with one attached hydrogen (secondary N) is 1. The van der Waals surface area contributed by atoms with Crippen LogP contribution in [0.3, 0.4) is 0 Å². The molecular weight excluding hydrogens is 216 g/mol. The molecule has 0 aromatic heterocycles. The maximum atomic E-state index is 11.7. The lowest BCUT2D eigenvalue weighted by molar-refractivity contribution is -0.122. The summed E-state index contributed by atoms with van der Waals surface area (Å²) in [4.78, 5) is 13.8. The molecule has 0 aromatic carbocycles. The summed E-state index contributed by atoms with van der Waals surface area (Å²) >= 11 is 0. The predicted molar refractivity (Wildman–Crippen MR) is 68.7 cm³/mol. The van der Waals surface area contributed by atoms with Crippen molar-refractivity contribution < 1.29 is 9.90 Å². The molecule has 1 fully saturated rings. The lowest BCUT2D eigenvalue weighted by atomic mass is 9.99. The molecule has 1 atom stereocenters. The first-order chi connectivity index (χ1) is 8.11. The van der Waals surface area contributed by atoms with Crippen molar-refractivity contribution in [2.24, 2.45) is 11.8 Å². The lowest BCUT2D eigenvalue weighted by Crippen LogP contribution is -2.43. The number of carbonyl (C=O) groups excluding carboxylic acids is 1. The van der Waals surface area contributed by atoms with Crippen LogP contribution in [-0.2, 0) is 4.79 Å². The van der Waals surface area contributed by atoms with Crippen LogP contribution >= 0.6 is 0 Å². The Labute approximate surface area is 104 Å². The highest BCUT2D eigenvalue weighted by Gasteiger charge is 2.20. The number of rotatable bonds is 6. The third-order valence-corrected chi connectivity index (χ3v) is 3.27. The van der Waals surface area contributed by atoms with Crippen LogP contribution in [0.15, 0.2) is 0 Å². The number of hydrogen-bond donors (Lipinski definition) is 2. The van der Waals surface area contributed by atoms with Crippen molar-refractivity contribution >= 4 is 5.91 Å². The third-order valence-electron chi connectivity index (χ3n) is 3.27. The maximum Gasteiger partial charge on any atom is 0.234 e. The molecule has 4 nitrogen and oxygen atoms in total. The Morgan fingerprint density at radius 3 is 2.94 bits per heavy atom. The number of piperidine rings is 1. The smallest absolute Gasteiger partial charge is 0.234 e. The molecule has 1 heterocycles. The molecule has 0 aromatic rings. The number of nitrogens with zero attached hydrogens (tertiary/aromatic N) is 1. The van der Waals surface area contributed by atoms with Crippen molar-refractivity contribution in [1.29, 1.82) is 0 Å². The van der Waals surface area contributed by atoms with Crippen LogP contribution in [0.2, 0.25) is 0 Å². The third kappa shape index (κ3) is 6.03. The van der Waals surface area contributed by atoms with Gasteiger partial charge in [0.05, 0.1) is 6.54 Å². The molecule has 0 spiro atoms. The van der Waals surface area contributed by atoms with Gasteiger partial charge in [-0.1, -0.05) is 13.8 Å². The zero-order chi connectivity index (χ0) is 12.7. The Hall–Kier alpha value is -0.610. The molecule has 0 radical (unpaired) electrons. The molecule has 1 saturated heterocycles. The first-order valence-corrected chi connectivity index (χ1v) is 6.71. The largest absolute Gasteiger partial charge is 0.396 e. The van der Waals surface area contributed by atoms with Gasteiger partial charge >= 0.3 is 0 Å². The molecule has 0 saturated carbocycles. The van der Waals surface area contributed by atoms with E-state index < -0.39 is 0 Å². The Morgan fingerprint density at radius 2 is 2.29 bits per heavy atom. The van der Waals surface area contributed by atoms with Crippen molar-refractivity contribution in [3.63, 3.8) is 0 Å². The Kier molecular flexibility index (Phi) is 6.52. The number of likely N-dealkylation sites (tertiary alicyclic amines) is 1. The van der Waals surface area contributed by atoms with Gasteiger partial charge in [0.15, 0.2) is 0 Å². The summed E-state index contributed by atoms with van der Waals surface area (Å²) in [5.41, 5.74) is 0. The number of carbonyl (C=O) groups is 1. The highest BCUT2D eigenvalue weighted by atomic mass is 16.3. The summed E-state index contributed by atoms with van der Waals surface area (Å²) in [6.07, 6.45) is 3.21. The molecule has 4 heteroatoms. The van der Waals surface area contributed by atoms with Crippen LogP contribution in [-0.4, -0.2) is 48.7 Å². The van der Waals surface area contributed by atoms with Crippen LogP contribution < -0.4 is 5.32 Å². The van der Waals surface area contributed by atoms with Gasteiger partial charge in [-0.05, 0) is 37.6 Å². The fraction of sp³-hybridized carbons (Fsp3) is 0.923. The van der Waals surface area contributed by atoms with Gasteiger partial charge in [0.1, 0.15) is 0 Å². The van der Waals surface area contributed by atoms with E-state index in [-0.39, 0.29) is 12.5 Å². The average Bonchev–Trinajstić information content (AvgIpc) is 2.28. The van der Waals surface area contributed by atoms with Crippen LogP contribution in [0.4, 0.5) is 0 Å². The van der Waals surface area contributed by atoms with Gasteiger partial charge in [-0.25, -0.2) is 0 Å². The second-order valence-electron chi connectivity index (χ2n) is 5.46. The van der Waals surface area contributed by atoms with Crippen molar-refractivity contribution in [2.45, 2.75) is 33.1 Å². The molecule has 1 amide bonds. The SMILES string of the molecule is CC(C)CCNC(=O)CN1CCC[C@H](CO)C1. The summed E-state index contributed by atoms with van der Waals surface area (Å²) in [6.45, 7) is 7.64. The van der Waals surface area contributed by atoms with Gasteiger partial charge in [0.2, 0.25) is 5.91 Å². The summed E-state index contributed by atoms with van der Waals surface area (Å²) in [5, 5.41) is 12.1. The van der Waals surface area contributed by atoms with Gasteiger partial charge in [-0.3, -0.25) is 9.69 Å². The second-order valence-corrected chi connectivity index (χ2v) is 5.46. The van der Waals surface area contributed by atoms with Crippen molar-refractivity contribution in [3.8, 4) is 0 Å². The molecule has 0 aliphatic carbocycles. The predicted octanol–water partition coefficient (Wildman–Crippen LogP) is 0.853. The first-order valence-electron chi connectivity index (χ1n) is 6.71. The monoisotopic (exact) mass is 242 g/mol. The quantitative estimate of drug-likeness (QED) is 0.726. The fourth-order valence-corrected chi connectivity index (χ4v) is 2.20. The van der Waals surface area contributed by atoms with E-state index in [1.165, 1.54) is 0 Å². The van der Waals surface area contributed by atoms with Gasteiger partial charge in [0.25, 0.3) is 0 Å². The first kappa shape index (κ1) is 14.5. The van der Waals surface area contributed by atoms with Gasteiger partial charge in [-0.2, -0.15) is 0 Å². The zero-order valence-electron chi connectivity index (χ0n) is 11.1. The highest BCUT2D eigenvalue weighted by molar-refractivity contribution is 5.77. The summed E-state index contributed by atoms with van der Waals surface area (Å²) < 4.78 is 0. The molecule has 2 N–H and O–H groups in total. The molecular formula is C13H26N2O2. The van der Waals surface area contributed by atoms with Crippen molar-refractivity contribution in [3.05, 3.63) is 0 Å². The van der Waals surface area contributed by atoms with E-state index in [0.29, 0.717) is 18.4 Å². The fourth-order valence-electron chi connectivity index (χ4n) is 2.20. The van der Waals surface area contributed by atoms with Gasteiger partial charge < -0.3 is 10.4 Å². The Balaban J connectivity index is 2.17. The maximum absolute atomic E-state index is 11.7. The average molecular weight is 242 g/mol. The lowest BCUT2D eigenvalue weighted by Gasteiger charge is -2.31. The van der Waals surface area contributed by atoms with Crippen LogP contribution in [0.5, 0.6) is 0 Å². The Morgan fingerprint density at radius 1 is 1.53 bits per heavy atom. The number of aliphatic hydroxyl groups excluding tert-OH is 1. The van der Waals surface area contributed by atoms with Crippen molar-refractivity contribution in [1.82, 2.24) is 10.2 Å². The molecule has 1 aliphatic rings. The second kappa shape index (κ2) is 7.67.